The van der Waals surface area contributed by atoms with Crippen LogP contribution in [0.5, 0.6) is 0 Å². The average Bonchev–Trinajstić information content (AvgIpc) is 3.35. The summed E-state index contributed by atoms with van der Waals surface area (Å²) in [5, 5.41) is 3.99. The van der Waals surface area contributed by atoms with Crippen molar-refractivity contribution in [2.24, 2.45) is 17.6 Å². The van der Waals surface area contributed by atoms with Crippen LogP contribution in [0.15, 0.2) is 30.6 Å². The zero-order valence-corrected chi connectivity index (χ0v) is 19.8. The van der Waals surface area contributed by atoms with Crippen LogP contribution in [-0.2, 0) is 0 Å². The number of aromatic nitrogens is 4. The average molecular weight is 473 g/mol. The Hall–Kier alpha value is -3.53. The quantitative estimate of drug-likeness (QED) is 0.583. The summed E-state index contributed by atoms with van der Waals surface area (Å²) in [7, 11) is 3.53. The lowest BCUT2D eigenvalue weighted by atomic mass is 10.1. The van der Waals surface area contributed by atoms with Gasteiger partial charge in [-0.2, -0.15) is 4.98 Å². The van der Waals surface area contributed by atoms with Crippen LogP contribution in [0.1, 0.15) is 52.6 Å². The number of hydrogen-bond acceptors (Lipinski definition) is 7. The molecule has 3 aromatic heterocycles. The van der Waals surface area contributed by atoms with E-state index in [2.05, 4.69) is 19.9 Å². The molecule has 3 aromatic rings. The van der Waals surface area contributed by atoms with Gasteiger partial charge in [-0.15, -0.1) is 0 Å². The lowest BCUT2D eigenvalue weighted by Gasteiger charge is -2.19. The van der Waals surface area contributed by atoms with Crippen LogP contribution < -0.4 is 11.1 Å². The summed E-state index contributed by atoms with van der Waals surface area (Å²) < 4.78 is 2.08. The van der Waals surface area contributed by atoms with E-state index < -0.39 is 0 Å². The molecule has 5 heterocycles. The van der Waals surface area contributed by atoms with E-state index in [0.29, 0.717) is 47.4 Å². The van der Waals surface area contributed by atoms with Crippen molar-refractivity contribution >= 4 is 34.6 Å². The minimum absolute atomic E-state index is 0.00322. The first-order valence-electron chi connectivity index (χ1n) is 12.3. The molecule has 2 bridgehead atoms. The maximum atomic E-state index is 12.9. The van der Waals surface area contributed by atoms with E-state index in [0.717, 1.165) is 36.7 Å². The van der Waals surface area contributed by atoms with E-state index >= 15 is 0 Å². The standard InChI is InChI=1S/C25H28N8O2/c1-31(2)23(35)16-9-14-11-28-24(30-21(14)33(16)15-5-3-4-6-15)29-17-8-7-13(10-27-17)22(34)32-12-25(26)18-19(25)20(18)32/h7-11,15,18-20H,3-6,12,26H2,1-2H3,(H,27,28,29,30). The minimum Gasteiger partial charge on any atom is -0.343 e. The van der Waals surface area contributed by atoms with Crippen LogP contribution in [0.2, 0.25) is 0 Å². The molecule has 8 rings (SSSR count). The summed E-state index contributed by atoms with van der Waals surface area (Å²) in [6.45, 7) is 0.651. The van der Waals surface area contributed by atoms with E-state index in [4.69, 9.17) is 10.7 Å². The predicted octanol–water partition coefficient (Wildman–Crippen LogP) is 2.17. The Kier molecular flexibility index (Phi) is 4.16. The fraction of sp³-hybridized carbons (Fsp3) is 0.480. The zero-order chi connectivity index (χ0) is 24.1. The molecule has 3 saturated carbocycles. The highest BCUT2D eigenvalue weighted by Gasteiger charge is 2.89. The van der Waals surface area contributed by atoms with Gasteiger partial charge in [0.15, 0.2) is 0 Å². The van der Waals surface area contributed by atoms with E-state index in [1.165, 1.54) is 0 Å². The lowest BCUT2D eigenvalue weighted by molar-refractivity contribution is 0.0779. The summed E-state index contributed by atoms with van der Waals surface area (Å²) in [4.78, 5) is 42.9. The molecule has 3 aliphatic carbocycles. The van der Waals surface area contributed by atoms with Gasteiger partial charge in [-0.25, -0.2) is 9.97 Å². The van der Waals surface area contributed by atoms with Gasteiger partial charge in [0.05, 0.1) is 5.56 Å². The molecule has 10 heteroatoms. The highest BCUT2D eigenvalue weighted by atomic mass is 16.2. The molecular weight excluding hydrogens is 444 g/mol. The van der Waals surface area contributed by atoms with Gasteiger partial charge in [0.1, 0.15) is 17.2 Å². The molecule has 5 aliphatic rings. The maximum absolute atomic E-state index is 12.9. The van der Waals surface area contributed by atoms with E-state index in [9.17, 15) is 9.59 Å². The smallest absolute Gasteiger partial charge is 0.270 e. The normalized spacial score (nSPS) is 28.3. The second-order valence-corrected chi connectivity index (χ2v) is 10.7. The van der Waals surface area contributed by atoms with Crippen molar-refractivity contribution in [2.45, 2.75) is 43.3 Å². The van der Waals surface area contributed by atoms with Crippen molar-refractivity contribution in [3.05, 3.63) is 41.9 Å². The van der Waals surface area contributed by atoms with Crippen LogP contribution in [-0.4, -0.2) is 73.4 Å². The fourth-order valence-corrected chi connectivity index (χ4v) is 6.41. The number of pyridine rings is 1. The van der Waals surface area contributed by atoms with Crippen molar-refractivity contribution in [3.63, 3.8) is 0 Å². The first kappa shape index (κ1) is 20.8. The third kappa shape index (κ3) is 2.95. The molecule has 2 saturated heterocycles. The number of rotatable bonds is 5. The summed E-state index contributed by atoms with van der Waals surface area (Å²) in [6, 6.07) is 6.02. The summed E-state index contributed by atoms with van der Waals surface area (Å²) in [5.74, 6) is 1.95. The van der Waals surface area contributed by atoms with Gasteiger partial charge in [0, 0.05) is 67.9 Å². The first-order valence-corrected chi connectivity index (χ1v) is 12.3. The van der Waals surface area contributed by atoms with Gasteiger partial charge < -0.3 is 25.4 Å². The Morgan fingerprint density at radius 1 is 1.14 bits per heavy atom. The summed E-state index contributed by atoms with van der Waals surface area (Å²) in [5.41, 5.74) is 8.10. The largest absolute Gasteiger partial charge is 0.343 e. The number of nitrogens with two attached hydrogens (primary N) is 1. The van der Waals surface area contributed by atoms with Crippen molar-refractivity contribution in [1.82, 2.24) is 29.3 Å². The van der Waals surface area contributed by atoms with Gasteiger partial charge in [-0.1, -0.05) is 12.8 Å². The number of carbonyl (C=O) groups is 2. The third-order valence-electron chi connectivity index (χ3n) is 8.32. The Morgan fingerprint density at radius 2 is 1.91 bits per heavy atom. The Labute approximate surface area is 202 Å². The van der Waals surface area contributed by atoms with Crippen LogP contribution in [0.25, 0.3) is 11.0 Å². The highest BCUT2D eigenvalue weighted by Crippen LogP contribution is 2.76. The fourth-order valence-electron chi connectivity index (χ4n) is 6.41. The molecule has 2 unspecified atom stereocenters. The second kappa shape index (κ2) is 7.00. The van der Waals surface area contributed by atoms with Crippen molar-refractivity contribution in [2.75, 3.05) is 26.0 Å². The molecule has 0 aromatic carbocycles. The zero-order valence-electron chi connectivity index (χ0n) is 19.8. The van der Waals surface area contributed by atoms with E-state index in [1.807, 2.05) is 11.0 Å². The molecule has 3 N–H and O–H groups in total. The van der Waals surface area contributed by atoms with Crippen LogP contribution in [0.4, 0.5) is 11.8 Å². The molecule has 0 radical (unpaired) electrons. The Balaban J connectivity index is 1.14. The number of piperidine rings is 1. The molecular formula is C25H28N8O2. The van der Waals surface area contributed by atoms with Gasteiger partial charge >= 0.3 is 0 Å². The first-order chi connectivity index (χ1) is 16.9. The second-order valence-electron chi connectivity index (χ2n) is 10.7. The molecule has 2 amide bonds. The SMILES string of the molecule is CN(C)C(=O)c1cc2cnc(Nc3ccc(C(=O)N4CC5(N)C6C4C65)cn3)nc2n1C1CCCC1. The lowest BCUT2D eigenvalue weighted by Crippen LogP contribution is -2.33. The molecule has 35 heavy (non-hydrogen) atoms. The van der Waals surface area contributed by atoms with E-state index in [-0.39, 0.29) is 23.4 Å². The maximum Gasteiger partial charge on any atom is 0.270 e. The van der Waals surface area contributed by atoms with Gasteiger partial charge in [-0.05, 0) is 31.0 Å². The number of nitrogens with one attached hydrogen (secondary N) is 1. The number of anilines is 2. The molecule has 10 nitrogen and oxygen atoms in total. The monoisotopic (exact) mass is 472 g/mol. The number of nitrogens with zero attached hydrogens (tertiary/aromatic N) is 6. The Bertz CT molecular complexity index is 1360. The summed E-state index contributed by atoms with van der Waals surface area (Å²) >= 11 is 0. The number of fused-ring (bicyclic) bond motifs is 2. The van der Waals surface area contributed by atoms with Gasteiger partial charge in [0.25, 0.3) is 11.8 Å². The van der Waals surface area contributed by atoms with Gasteiger partial charge in [0.2, 0.25) is 5.95 Å². The highest BCUT2D eigenvalue weighted by molar-refractivity contribution is 5.98. The van der Waals surface area contributed by atoms with Crippen LogP contribution in [0, 0.1) is 11.8 Å². The minimum atomic E-state index is -0.113. The van der Waals surface area contributed by atoms with E-state index in [1.54, 1.807) is 43.5 Å². The third-order valence-corrected chi connectivity index (χ3v) is 8.32. The molecule has 0 spiro atoms. The number of hydrogen-bond donors (Lipinski definition) is 2. The van der Waals surface area contributed by atoms with Crippen molar-refractivity contribution < 1.29 is 9.59 Å². The number of amides is 2. The molecule has 2 atom stereocenters. The number of carbonyl (C=O) groups excluding carboxylic acids is 2. The predicted molar refractivity (Wildman–Crippen MR) is 129 cm³/mol. The molecule has 2 aliphatic heterocycles. The van der Waals surface area contributed by atoms with Crippen molar-refractivity contribution in [1.29, 1.82) is 0 Å². The summed E-state index contributed by atoms with van der Waals surface area (Å²) in [6.07, 6.45) is 7.70. The van der Waals surface area contributed by atoms with Crippen molar-refractivity contribution in [3.8, 4) is 0 Å². The molecule has 5 fully saturated rings. The van der Waals surface area contributed by atoms with Gasteiger partial charge in [-0.3, -0.25) is 9.59 Å². The van der Waals surface area contributed by atoms with Crippen LogP contribution in [0.3, 0.4) is 0 Å². The van der Waals surface area contributed by atoms with Crippen LogP contribution >= 0.6 is 0 Å². The Morgan fingerprint density at radius 3 is 2.54 bits per heavy atom. The molecule has 180 valence electrons. The topological polar surface area (TPSA) is 122 Å².